The summed E-state index contributed by atoms with van der Waals surface area (Å²) in [5.41, 5.74) is 0. The monoisotopic (exact) mass is 144 g/mol. The van der Waals surface area contributed by atoms with Gasteiger partial charge in [0.15, 0.2) is 0 Å². The summed E-state index contributed by atoms with van der Waals surface area (Å²) in [4.78, 5) is 15.4. The number of hydrogen-bond acceptors (Lipinski definition) is 3. The second-order valence-electron chi connectivity index (χ2n) is 1.10. The van der Waals surface area contributed by atoms with Crippen molar-refractivity contribution in [3.8, 4) is 0 Å². The standard InChI is InChI=1S/C3H3F3O3/c1-2(7)8-9-3(4,5)6/h1H3. The minimum atomic E-state index is -4.91. The van der Waals surface area contributed by atoms with Crippen LogP contribution in [0.1, 0.15) is 6.92 Å². The van der Waals surface area contributed by atoms with E-state index in [1.165, 1.54) is 0 Å². The van der Waals surface area contributed by atoms with Gasteiger partial charge in [-0.1, -0.05) is 4.89 Å². The Morgan fingerprint density at radius 2 is 1.89 bits per heavy atom. The van der Waals surface area contributed by atoms with E-state index >= 15 is 0 Å². The van der Waals surface area contributed by atoms with Gasteiger partial charge in [0.2, 0.25) is 0 Å². The molecule has 54 valence electrons. The van der Waals surface area contributed by atoms with E-state index in [-0.39, 0.29) is 0 Å². The number of carbonyl (C=O) groups is 1. The molecular formula is C3H3F3O3. The highest BCUT2D eigenvalue weighted by molar-refractivity contribution is 5.65. The van der Waals surface area contributed by atoms with Gasteiger partial charge in [0.05, 0.1) is 0 Å². The first-order valence-electron chi connectivity index (χ1n) is 1.85. The maximum atomic E-state index is 10.9. The van der Waals surface area contributed by atoms with Gasteiger partial charge < -0.3 is 0 Å². The molecule has 0 aliphatic rings. The van der Waals surface area contributed by atoms with E-state index in [1.807, 2.05) is 0 Å². The zero-order valence-electron chi connectivity index (χ0n) is 4.36. The van der Waals surface area contributed by atoms with Gasteiger partial charge in [0.1, 0.15) is 0 Å². The summed E-state index contributed by atoms with van der Waals surface area (Å²) in [7, 11) is 0. The van der Waals surface area contributed by atoms with Gasteiger partial charge >= 0.3 is 12.3 Å². The van der Waals surface area contributed by atoms with Crippen LogP contribution in [0.25, 0.3) is 0 Å². The van der Waals surface area contributed by atoms with Crippen molar-refractivity contribution < 1.29 is 27.7 Å². The van der Waals surface area contributed by atoms with E-state index in [0.717, 1.165) is 6.92 Å². The molecule has 9 heavy (non-hydrogen) atoms. The summed E-state index contributed by atoms with van der Waals surface area (Å²) < 4.78 is 32.7. The van der Waals surface area contributed by atoms with E-state index in [1.54, 1.807) is 0 Å². The fraction of sp³-hybridized carbons (Fsp3) is 0.667. The summed E-state index contributed by atoms with van der Waals surface area (Å²) in [5, 5.41) is 0. The molecule has 3 nitrogen and oxygen atoms in total. The largest absolute Gasteiger partial charge is 0.558 e. The molecule has 0 amide bonds. The molecule has 0 heterocycles. The highest BCUT2D eigenvalue weighted by atomic mass is 19.4. The van der Waals surface area contributed by atoms with Gasteiger partial charge in [-0.2, -0.15) is 0 Å². The van der Waals surface area contributed by atoms with E-state index in [9.17, 15) is 18.0 Å². The van der Waals surface area contributed by atoms with Crippen LogP contribution in [0.15, 0.2) is 0 Å². The fourth-order valence-electron chi connectivity index (χ4n) is 0.106. The predicted molar refractivity (Wildman–Crippen MR) is 18.9 cm³/mol. The van der Waals surface area contributed by atoms with E-state index in [0.29, 0.717) is 0 Å². The molecular weight excluding hydrogens is 141 g/mol. The van der Waals surface area contributed by atoms with E-state index in [2.05, 4.69) is 9.78 Å². The van der Waals surface area contributed by atoms with Gasteiger partial charge in [-0.05, 0) is 0 Å². The Balaban J connectivity index is 3.39. The van der Waals surface area contributed by atoms with Crippen LogP contribution in [0.5, 0.6) is 0 Å². The molecule has 0 radical (unpaired) electrons. The lowest BCUT2D eigenvalue weighted by Crippen LogP contribution is -2.15. The first kappa shape index (κ1) is 8.22. The molecule has 0 aromatic rings. The zero-order chi connectivity index (χ0) is 7.49. The topological polar surface area (TPSA) is 35.5 Å². The van der Waals surface area contributed by atoms with Crippen LogP contribution < -0.4 is 0 Å². The van der Waals surface area contributed by atoms with Crippen molar-refractivity contribution >= 4 is 5.97 Å². The van der Waals surface area contributed by atoms with E-state index < -0.39 is 12.3 Å². The summed E-state index contributed by atoms with van der Waals surface area (Å²) in [6.45, 7) is 0.797. The predicted octanol–water partition coefficient (Wildman–Crippen LogP) is 1.00. The Hall–Kier alpha value is -0.780. The molecule has 0 saturated heterocycles. The van der Waals surface area contributed by atoms with Crippen LogP contribution in [0.3, 0.4) is 0 Å². The molecule has 0 spiro atoms. The number of alkyl halides is 3. The third-order valence-corrected chi connectivity index (χ3v) is 0.254. The highest BCUT2D eigenvalue weighted by Gasteiger charge is 2.32. The van der Waals surface area contributed by atoms with Crippen LogP contribution in [0, 0.1) is 0 Å². The molecule has 0 aromatic heterocycles. The number of carbonyl (C=O) groups excluding carboxylic acids is 1. The van der Waals surface area contributed by atoms with Gasteiger partial charge in [0, 0.05) is 6.92 Å². The van der Waals surface area contributed by atoms with Crippen molar-refractivity contribution in [1.29, 1.82) is 0 Å². The second kappa shape index (κ2) is 2.67. The molecule has 0 fully saturated rings. The van der Waals surface area contributed by atoms with Gasteiger partial charge in [-0.25, -0.2) is 4.79 Å². The zero-order valence-corrected chi connectivity index (χ0v) is 4.36. The third-order valence-electron chi connectivity index (χ3n) is 0.254. The van der Waals surface area contributed by atoms with Crippen molar-refractivity contribution in [2.24, 2.45) is 0 Å². The molecule has 0 aliphatic heterocycles. The van der Waals surface area contributed by atoms with Gasteiger partial charge in [-0.15, -0.1) is 13.2 Å². The third kappa shape index (κ3) is 7.22. The Morgan fingerprint density at radius 3 is 2.00 bits per heavy atom. The summed E-state index contributed by atoms with van der Waals surface area (Å²) in [6.07, 6.45) is -4.91. The Morgan fingerprint density at radius 1 is 1.44 bits per heavy atom. The van der Waals surface area contributed by atoms with Crippen molar-refractivity contribution in [2.75, 3.05) is 0 Å². The molecule has 0 unspecified atom stereocenters. The van der Waals surface area contributed by atoms with Crippen LogP contribution in [0.4, 0.5) is 13.2 Å². The molecule has 0 saturated carbocycles. The number of halogens is 3. The van der Waals surface area contributed by atoms with Gasteiger partial charge in [0.25, 0.3) is 0 Å². The smallest absolute Gasteiger partial charge is 0.290 e. The quantitative estimate of drug-likeness (QED) is 0.406. The molecule has 0 aromatic carbocycles. The average Bonchev–Trinajstić information content (AvgIpc) is 1.59. The number of hydrogen-bond donors (Lipinski definition) is 0. The molecule has 6 heteroatoms. The minimum absolute atomic E-state index is 0.797. The lowest BCUT2D eigenvalue weighted by atomic mass is 10.8. The second-order valence-corrected chi connectivity index (χ2v) is 1.10. The Kier molecular flexibility index (Phi) is 2.44. The minimum Gasteiger partial charge on any atom is -0.290 e. The first-order valence-corrected chi connectivity index (χ1v) is 1.85. The molecule has 0 bridgehead atoms. The Bertz CT molecular complexity index is 107. The molecule has 0 N–H and O–H groups in total. The summed E-state index contributed by atoms with van der Waals surface area (Å²) in [6, 6.07) is 0. The SMILES string of the molecule is CC(=O)OOC(F)(F)F. The summed E-state index contributed by atoms with van der Waals surface area (Å²) >= 11 is 0. The Labute approximate surface area is 48.3 Å². The highest BCUT2D eigenvalue weighted by Crippen LogP contribution is 2.15. The molecule has 0 aliphatic carbocycles. The van der Waals surface area contributed by atoms with Crippen LogP contribution in [-0.4, -0.2) is 12.3 Å². The summed E-state index contributed by atoms with van der Waals surface area (Å²) in [5.74, 6) is -1.15. The van der Waals surface area contributed by atoms with Crippen molar-refractivity contribution in [1.82, 2.24) is 0 Å². The maximum Gasteiger partial charge on any atom is 0.558 e. The van der Waals surface area contributed by atoms with Crippen molar-refractivity contribution in [3.63, 3.8) is 0 Å². The van der Waals surface area contributed by atoms with E-state index in [4.69, 9.17) is 0 Å². The van der Waals surface area contributed by atoms with Crippen molar-refractivity contribution in [2.45, 2.75) is 13.3 Å². The first-order chi connectivity index (χ1) is 3.92. The van der Waals surface area contributed by atoms with Crippen LogP contribution >= 0.6 is 0 Å². The fourth-order valence-corrected chi connectivity index (χ4v) is 0.106. The molecule has 0 atom stereocenters. The van der Waals surface area contributed by atoms with Gasteiger partial charge in [-0.3, -0.25) is 4.89 Å². The lowest BCUT2D eigenvalue weighted by molar-refractivity contribution is -0.462. The van der Waals surface area contributed by atoms with Crippen molar-refractivity contribution in [3.05, 3.63) is 0 Å². The normalized spacial score (nSPS) is 11.1. The lowest BCUT2D eigenvalue weighted by Gasteiger charge is -2.01. The maximum absolute atomic E-state index is 10.9. The number of rotatable bonds is 1. The van der Waals surface area contributed by atoms with Crippen LogP contribution in [0.2, 0.25) is 0 Å². The average molecular weight is 144 g/mol. The van der Waals surface area contributed by atoms with Crippen LogP contribution in [-0.2, 0) is 14.6 Å². The molecule has 0 rings (SSSR count).